The monoisotopic (exact) mass is 2020 g/mol. The Morgan fingerprint density at radius 2 is 0.630 bits per heavy atom. The number of rotatable bonds is 37. The summed E-state index contributed by atoms with van der Waals surface area (Å²) in [5, 5.41) is 36.0. The van der Waals surface area contributed by atoms with Crippen LogP contribution >= 0.6 is 0 Å². The van der Waals surface area contributed by atoms with Crippen molar-refractivity contribution in [1.29, 1.82) is 0 Å². The molecule has 3 aliphatic rings. The van der Waals surface area contributed by atoms with Crippen molar-refractivity contribution in [2.24, 2.45) is 17.3 Å². The molecule has 0 bridgehead atoms. The molecule has 1 aliphatic heterocycles. The fraction of sp³-hybridized carbons (Fsp3) is 0.562. The van der Waals surface area contributed by atoms with Crippen LogP contribution in [-0.2, 0) is 49.4 Å². The summed E-state index contributed by atoms with van der Waals surface area (Å²) in [5.41, 5.74) is 11.1. The van der Waals surface area contributed by atoms with Gasteiger partial charge in [0.1, 0.15) is 58.1 Å². The fourth-order valence-corrected chi connectivity index (χ4v) is 15.4. The first kappa shape index (κ1) is 132. The quantitative estimate of drug-likeness (QED) is 0.0162. The Bertz CT molecular complexity index is 4450. The Kier molecular flexibility index (Phi) is 68.3. The molecule has 16 nitrogen and oxygen atoms in total. The zero-order valence-electron chi connectivity index (χ0n) is 95.9. The highest BCUT2D eigenvalue weighted by molar-refractivity contribution is 5.76. The predicted molar refractivity (Wildman–Crippen MR) is 610 cm³/mol. The van der Waals surface area contributed by atoms with Crippen molar-refractivity contribution in [2.75, 3.05) is 19.8 Å². The third-order valence-corrected chi connectivity index (χ3v) is 28.7. The molecule has 1 saturated heterocycles. The van der Waals surface area contributed by atoms with Gasteiger partial charge in [-0.2, -0.15) is 0 Å². The summed E-state index contributed by atoms with van der Waals surface area (Å²) in [4.78, 5) is 34.9. The molecule has 9 aromatic rings. The molecule has 3 fully saturated rings. The van der Waals surface area contributed by atoms with E-state index in [-0.39, 0.29) is 65.2 Å². The number of hydrogen-bond acceptors (Lipinski definition) is 16. The topological polar surface area (TPSA) is 215 Å². The lowest BCUT2D eigenvalue weighted by atomic mass is 9.86. The number of phenols is 4. The van der Waals surface area contributed by atoms with Crippen molar-refractivity contribution in [3.8, 4) is 40.2 Å². The lowest BCUT2D eigenvalue weighted by molar-refractivity contribution is -0.166. The molecule has 0 amide bonds. The Morgan fingerprint density at radius 3 is 0.911 bits per heavy atom. The molecule has 146 heavy (non-hydrogen) atoms. The van der Waals surface area contributed by atoms with E-state index in [9.17, 15) is 14.4 Å². The van der Waals surface area contributed by atoms with E-state index in [1.54, 1.807) is 48.5 Å². The van der Waals surface area contributed by atoms with E-state index in [0.29, 0.717) is 90.2 Å². The molecule has 13 atom stereocenters. The first-order valence-corrected chi connectivity index (χ1v) is 55.7. The Hall–Kier alpha value is -10.1. The Labute approximate surface area is 886 Å². The van der Waals surface area contributed by atoms with Gasteiger partial charge in [0.15, 0.2) is 18.9 Å². The summed E-state index contributed by atoms with van der Waals surface area (Å²) in [7, 11) is 0. The molecule has 1 heterocycles. The third-order valence-electron chi connectivity index (χ3n) is 28.7. The summed E-state index contributed by atoms with van der Waals surface area (Å²) in [6.07, 6.45) is 26.1. The maximum absolute atomic E-state index is 11.7. The van der Waals surface area contributed by atoms with Gasteiger partial charge in [-0.25, -0.2) is 0 Å². The van der Waals surface area contributed by atoms with Gasteiger partial charge in [0, 0.05) is 19.6 Å². The average Bonchev–Trinajstić information content (AvgIpc) is 1.78. The van der Waals surface area contributed by atoms with Crippen LogP contribution in [0.15, 0.2) is 231 Å². The SMILES string of the molecule is CCC(C)(C)C(=O)OCc1ccccc1.CCC(C)C(=O)OC1(C)CCCCC1.CCC(C)C(=O)OC1(CC)CCCC1.CCC(C)c1ccc(O)cc1.CCC(C)c1ccc(O)cc1.CCC(C)c1ccc(O)cc1.CCC(C)c1ccc(O)cc1.CCC(C)c1ccc(OC2CCCCO2)cc1.CCC(C)c1ccccc1.CCOC(C)Oc1ccc(C(C)CC)cc1.CCOC(C)Oc1ccc(C(C)CC)cc1. The number of carbonyl (C=O) groups excluding carboxylic acids is 3. The number of phenolic OH excluding ortho intramolecular Hbond substituents is 4. The van der Waals surface area contributed by atoms with Crippen LogP contribution in [0.1, 0.15) is 452 Å². The highest BCUT2D eigenvalue weighted by Gasteiger charge is 2.37. The van der Waals surface area contributed by atoms with Gasteiger partial charge in [-0.15, -0.1) is 0 Å². The van der Waals surface area contributed by atoms with Crippen LogP contribution in [0.4, 0.5) is 0 Å². The maximum Gasteiger partial charge on any atom is 0.311 e. The molecule has 0 radical (unpaired) electrons. The first-order valence-electron chi connectivity index (χ1n) is 55.7. The second-order valence-corrected chi connectivity index (χ2v) is 40.7. The maximum atomic E-state index is 11.7. The van der Waals surface area contributed by atoms with Gasteiger partial charge < -0.3 is 63.1 Å². The van der Waals surface area contributed by atoms with E-state index in [2.05, 4.69) is 203 Å². The molecular formula is C130H198O16. The predicted octanol–water partition coefficient (Wildman–Crippen LogP) is 36.6. The van der Waals surface area contributed by atoms with Crippen molar-refractivity contribution in [3.05, 3.63) is 281 Å². The van der Waals surface area contributed by atoms with Gasteiger partial charge in [-0.05, 0) is 372 Å². The summed E-state index contributed by atoms with van der Waals surface area (Å²) < 4.78 is 49.7. The number of ether oxygens (including phenoxy) is 9. The van der Waals surface area contributed by atoms with Gasteiger partial charge in [-0.3, -0.25) is 14.4 Å². The molecule has 9 aromatic carbocycles. The van der Waals surface area contributed by atoms with E-state index < -0.39 is 0 Å². The van der Waals surface area contributed by atoms with Crippen molar-refractivity contribution >= 4 is 17.9 Å². The largest absolute Gasteiger partial charge is 0.508 e. The average molecular weight is 2020 g/mol. The molecule has 814 valence electrons. The summed E-state index contributed by atoms with van der Waals surface area (Å²) in [6, 6.07) is 75.0. The second-order valence-electron chi connectivity index (χ2n) is 40.7. The normalized spacial score (nSPS) is 16.0. The standard InChI is InChI=1S/C15H22O2.2C14H22O2.C13H18O2.2C12H22O2.4C10H14O.C10H14/c1-3-12(2)13-7-9-14(10-8-13)17-15-6-4-5-11-16-15;2*1-5-11(3)13-7-9-14(10-8-13)16-12(4)15-6-2;1-4-13(2,3)12(14)15-10-11-8-6-5-7-9-11;1-4-10(2)11(13)14-12(3)8-6-5-7-9-12;1-4-10(3)11(13)14-12(5-2)8-6-7-9-12;4*1-3-8(2)9-4-6-10(11)7-5-9;1-3-9(2)10-7-5-4-6-8-10/h7-10,12,15H,3-6,11H2,1-2H3;2*7-12H,5-6H2,1-4H3;5-9H,4,10H2,1-3H3;2*10H,4-9H2,1-3H3;4*4-8,11H,3H2,1-2H3;4-9H,3H2,1-2H3. The molecule has 16 heteroatoms. The van der Waals surface area contributed by atoms with Crippen LogP contribution in [0.5, 0.6) is 40.2 Å². The Morgan fingerprint density at radius 1 is 0.342 bits per heavy atom. The molecule has 0 aromatic heterocycles. The van der Waals surface area contributed by atoms with Crippen molar-refractivity contribution in [1.82, 2.24) is 0 Å². The second kappa shape index (κ2) is 75.5. The fourth-order valence-electron chi connectivity index (χ4n) is 15.4. The molecule has 4 N–H and O–H groups in total. The van der Waals surface area contributed by atoms with Crippen LogP contribution in [0, 0.1) is 17.3 Å². The highest BCUT2D eigenvalue weighted by atomic mass is 16.7. The van der Waals surface area contributed by atoms with Gasteiger partial charge in [-0.1, -0.05) is 304 Å². The van der Waals surface area contributed by atoms with E-state index in [4.69, 9.17) is 63.1 Å². The molecule has 13 unspecified atom stereocenters. The van der Waals surface area contributed by atoms with Gasteiger partial charge >= 0.3 is 17.9 Å². The molecule has 12 rings (SSSR count). The summed E-state index contributed by atoms with van der Waals surface area (Å²) >= 11 is 0. The van der Waals surface area contributed by atoms with Crippen LogP contribution in [-0.4, -0.2) is 88.2 Å². The number of hydrogen-bond donors (Lipinski definition) is 4. The zero-order chi connectivity index (χ0) is 109. The van der Waals surface area contributed by atoms with Crippen LogP contribution in [0.3, 0.4) is 0 Å². The minimum absolute atomic E-state index is 0.00347. The van der Waals surface area contributed by atoms with Crippen LogP contribution in [0.2, 0.25) is 0 Å². The lowest BCUT2D eigenvalue weighted by Gasteiger charge is -2.34. The number of esters is 3. The van der Waals surface area contributed by atoms with Crippen LogP contribution in [0.25, 0.3) is 0 Å². The minimum atomic E-state index is -0.380. The van der Waals surface area contributed by atoms with E-state index in [0.717, 1.165) is 132 Å². The molecule has 2 saturated carbocycles. The van der Waals surface area contributed by atoms with E-state index >= 15 is 0 Å². The Balaban J connectivity index is 0.000000545. The molecule has 2 aliphatic carbocycles. The number of aromatic hydroxyl groups is 4. The number of carbonyl (C=O) groups is 3. The van der Waals surface area contributed by atoms with Crippen LogP contribution < -0.4 is 14.2 Å². The van der Waals surface area contributed by atoms with Crippen molar-refractivity contribution in [2.45, 2.75) is 439 Å². The smallest absolute Gasteiger partial charge is 0.311 e. The first-order chi connectivity index (χ1) is 69.7. The van der Waals surface area contributed by atoms with Crippen molar-refractivity contribution in [3.63, 3.8) is 0 Å². The molecular weight excluding hydrogens is 1820 g/mol. The summed E-state index contributed by atoms with van der Waals surface area (Å²) in [5.74, 6) is 8.91. The van der Waals surface area contributed by atoms with E-state index in [1.165, 1.54) is 95.9 Å². The lowest BCUT2D eigenvalue weighted by Crippen LogP contribution is -2.35. The highest BCUT2D eigenvalue weighted by Crippen LogP contribution is 2.38. The van der Waals surface area contributed by atoms with E-state index in [1.807, 2.05) is 179 Å². The van der Waals surface area contributed by atoms with Gasteiger partial charge in [0.2, 0.25) is 0 Å². The minimum Gasteiger partial charge on any atom is -0.508 e. The third kappa shape index (κ3) is 54.7. The zero-order valence-corrected chi connectivity index (χ0v) is 95.9. The van der Waals surface area contributed by atoms with Crippen molar-refractivity contribution < 1.29 is 77.4 Å². The molecule has 0 spiro atoms. The summed E-state index contributed by atoms with van der Waals surface area (Å²) in [6.45, 7) is 63.4. The van der Waals surface area contributed by atoms with Gasteiger partial charge in [0.05, 0.1) is 23.9 Å². The number of benzene rings is 9. The van der Waals surface area contributed by atoms with Gasteiger partial charge in [0.25, 0.3) is 0 Å².